The molecule has 0 spiro atoms. The lowest BCUT2D eigenvalue weighted by molar-refractivity contribution is -0.874. The predicted octanol–water partition coefficient (Wildman–Crippen LogP) is 1.66. The molecular weight excluding hydrogens is 348 g/mol. The average molecular weight is 377 g/mol. The summed E-state index contributed by atoms with van der Waals surface area (Å²) in [5.41, 5.74) is 2.26. The van der Waals surface area contributed by atoms with Crippen molar-refractivity contribution in [2.45, 2.75) is 25.2 Å². The molecule has 1 aromatic carbocycles. The van der Waals surface area contributed by atoms with Crippen LogP contribution in [0.2, 0.25) is 0 Å². The Balaban J connectivity index is 1.94. The quantitative estimate of drug-likeness (QED) is 0.578. The van der Waals surface area contributed by atoms with Gasteiger partial charge in [0.25, 0.3) is 0 Å². The molecule has 0 radical (unpaired) electrons. The summed E-state index contributed by atoms with van der Waals surface area (Å²) >= 11 is 0. The van der Waals surface area contributed by atoms with E-state index in [1.165, 1.54) is 10.6 Å². The van der Waals surface area contributed by atoms with Gasteiger partial charge in [0, 0.05) is 10.8 Å². The van der Waals surface area contributed by atoms with Gasteiger partial charge in [0.05, 0.1) is 33.4 Å². The van der Waals surface area contributed by atoms with E-state index in [0.717, 1.165) is 51.1 Å². The lowest BCUT2D eigenvalue weighted by Gasteiger charge is -2.35. The fourth-order valence-electron chi connectivity index (χ4n) is 4.34. The normalized spacial score (nSPS) is 22.0. The van der Waals surface area contributed by atoms with Gasteiger partial charge in [0.1, 0.15) is 18.8 Å². The highest BCUT2D eigenvalue weighted by molar-refractivity contribution is 5.44. The zero-order valence-electron chi connectivity index (χ0n) is 16.1. The molecular formula is C20H29N2O5+. The van der Waals surface area contributed by atoms with Gasteiger partial charge in [0.2, 0.25) is 6.54 Å². The van der Waals surface area contributed by atoms with Crippen LogP contribution in [0.25, 0.3) is 0 Å². The summed E-state index contributed by atoms with van der Waals surface area (Å²) in [6.07, 6.45) is 5.40. The maximum atomic E-state index is 11.5. The van der Waals surface area contributed by atoms with Gasteiger partial charge in [-0.25, -0.2) is 0 Å². The highest BCUT2D eigenvalue weighted by Crippen LogP contribution is 2.38. The molecule has 0 unspecified atom stereocenters. The average Bonchev–Trinajstić information content (AvgIpc) is 2.72. The highest BCUT2D eigenvalue weighted by Gasteiger charge is 2.37. The summed E-state index contributed by atoms with van der Waals surface area (Å²) in [4.78, 5) is 12.7. The molecule has 27 heavy (non-hydrogen) atoms. The fraction of sp³-hybridized carbons (Fsp3) is 0.600. The minimum atomic E-state index is -0.192. The number of quaternary nitrogens is 1. The molecule has 1 saturated heterocycles. The molecule has 1 aliphatic heterocycles. The van der Waals surface area contributed by atoms with Crippen molar-refractivity contribution in [2.24, 2.45) is 5.92 Å². The van der Waals surface area contributed by atoms with Crippen LogP contribution in [0.5, 0.6) is 11.5 Å². The summed E-state index contributed by atoms with van der Waals surface area (Å²) in [6.45, 7) is 3.27. The van der Waals surface area contributed by atoms with Crippen LogP contribution in [-0.2, 0) is 4.74 Å². The van der Waals surface area contributed by atoms with E-state index >= 15 is 0 Å². The number of rotatable bonds is 7. The molecule has 3 rings (SSSR count). The Kier molecular flexibility index (Phi) is 6.68. The maximum absolute atomic E-state index is 11.5. The second-order valence-electron chi connectivity index (χ2n) is 7.15. The van der Waals surface area contributed by atoms with Crippen molar-refractivity contribution in [3.8, 4) is 11.5 Å². The van der Waals surface area contributed by atoms with E-state index in [2.05, 4.69) is 6.08 Å². The lowest BCUT2D eigenvalue weighted by Crippen LogP contribution is -3.13. The first-order chi connectivity index (χ1) is 13.1. The summed E-state index contributed by atoms with van der Waals surface area (Å²) in [5.74, 6) is 1.24. The first-order valence-electron chi connectivity index (χ1n) is 9.60. The molecule has 7 nitrogen and oxygen atoms in total. The predicted molar refractivity (Wildman–Crippen MR) is 101 cm³/mol. The van der Waals surface area contributed by atoms with Gasteiger partial charge in [-0.1, -0.05) is 6.07 Å². The minimum Gasteiger partial charge on any atom is -0.493 e. The summed E-state index contributed by atoms with van der Waals surface area (Å²) in [7, 11) is 3.18. The molecule has 2 aliphatic rings. The first-order valence-corrected chi connectivity index (χ1v) is 9.60. The van der Waals surface area contributed by atoms with Crippen LogP contribution in [0.15, 0.2) is 30.0 Å². The van der Waals surface area contributed by atoms with Crippen LogP contribution in [0.3, 0.4) is 0 Å². The zero-order valence-corrected chi connectivity index (χ0v) is 16.1. The number of methoxy groups -OCH3 is 2. The Labute approximate surface area is 160 Å². The van der Waals surface area contributed by atoms with E-state index < -0.39 is 0 Å². The molecule has 148 valence electrons. The van der Waals surface area contributed by atoms with Crippen molar-refractivity contribution >= 4 is 0 Å². The monoisotopic (exact) mass is 377 g/mol. The Hall–Kier alpha value is -2.12. The largest absolute Gasteiger partial charge is 0.493 e. The summed E-state index contributed by atoms with van der Waals surface area (Å²) in [5, 5.41) is 11.5. The van der Waals surface area contributed by atoms with E-state index in [-0.39, 0.29) is 23.3 Å². The molecule has 0 saturated carbocycles. The number of morpholine rings is 1. The molecule has 1 aromatic rings. The molecule has 2 atom stereocenters. The fourth-order valence-corrected chi connectivity index (χ4v) is 4.34. The number of nitrogens with zero attached hydrogens (tertiary/aromatic N) is 1. The number of ether oxygens (including phenoxy) is 3. The van der Waals surface area contributed by atoms with Crippen LogP contribution < -0.4 is 14.4 Å². The summed E-state index contributed by atoms with van der Waals surface area (Å²) < 4.78 is 16.3. The third-order valence-electron chi connectivity index (χ3n) is 5.65. The highest BCUT2D eigenvalue weighted by atomic mass is 16.6. The molecule has 1 aliphatic carbocycles. The standard InChI is InChI=1S/C20H28N2O5/c1-25-19-8-7-15(13-20(19)26-2)17(14-22(23)24)16-5-3-4-6-18(16)21-9-11-27-12-10-21/h6-8,13,16-17H,3-5,9-12,14H2,1-2H3/p+1/t16-,17+/m0/s1. The van der Waals surface area contributed by atoms with Crippen molar-refractivity contribution in [3.63, 3.8) is 0 Å². The van der Waals surface area contributed by atoms with Crippen LogP contribution in [0, 0.1) is 16.0 Å². The van der Waals surface area contributed by atoms with E-state index in [9.17, 15) is 10.1 Å². The SMILES string of the molecule is COc1ccc([C@@H](C[N+](=O)[O-])[C@@H]2CCCC=C2[NH+]2CCOCC2)cc1OC. The first kappa shape index (κ1) is 19.6. The zero-order chi connectivity index (χ0) is 19.2. The number of allylic oxidation sites excluding steroid dienone is 2. The number of hydrogen-bond acceptors (Lipinski definition) is 5. The number of nitrogens with one attached hydrogen (secondary N) is 1. The van der Waals surface area contributed by atoms with Crippen molar-refractivity contribution in [2.75, 3.05) is 47.1 Å². The molecule has 0 aromatic heterocycles. The lowest BCUT2D eigenvalue weighted by atomic mass is 9.77. The van der Waals surface area contributed by atoms with Gasteiger partial charge in [-0.2, -0.15) is 0 Å². The number of benzene rings is 1. The van der Waals surface area contributed by atoms with E-state index in [1.807, 2.05) is 18.2 Å². The number of nitro groups is 1. The van der Waals surface area contributed by atoms with Gasteiger partial charge in [-0.15, -0.1) is 0 Å². The minimum absolute atomic E-state index is 0.0821. The van der Waals surface area contributed by atoms with Crippen LogP contribution in [0.1, 0.15) is 30.7 Å². The Morgan fingerprint density at radius 2 is 2.00 bits per heavy atom. The second kappa shape index (κ2) is 9.19. The molecule has 1 heterocycles. The van der Waals surface area contributed by atoms with Crippen molar-refractivity contribution in [1.29, 1.82) is 0 Å². The Morgan fingerprint density at radius 1 is 1.26 bits per heavy atom. The van der Waals surface area contributed by atoms with Crippen LogP contribution in [-0.4, -0.2) is 52.0 Å². The molecule has 0 amide bonds. The van der Waals surface area contributed by atoms with E-state index in [1.54, 1.807) is 14.2 Å². The van der Waals surface area contributed by atoms with Gasteiger partial charge in [0.15, 0.2) is 11.5 Å². The van der Waals surface area contributed by atoms with Crippen LogP contribution in [0.4, 0.5) is 0 Å². The number of hydrogen-bond donors (Lipinski definition) is 1. The van der Waals surface area contributed by atoms with E-state index in [0.29, 0.717) is 11.5 Å². The Bertz CT molecular complexity index is 685. The van der Waals surface area contributed by atoms with Gasteiger partial charge < -0.3 is 19.1 Å². The molecule has 7 heteroatoms. The van der Waals surface area contributed by atoms with Gasteiger partial charge in [-0.05, 0) is 43.0 Å². The molecule has 1 N–H and O–H groups in total. The third-order valence-corrected chi connectivity index (χ3v) is 5.65. The maximum Gasteiger partial charge on any atom is 0.211 e. The van der Waals surface area contributed by atoms with Crippen molar-refractivity contribution in [1.82, 2.24) is 0 Å². The molecule has 1 fully saturated rings. The molecule has 0 bridgehead atoms. The van der Waals surface area contributed by atoms with Gasteiger partial charge >= 0.3 is 0 Å². The second-order valence-corrected chi connectivity index (χ2v) is 7.15. The Morgan fingerprint density at radius 3 is 2.67 bits per heavy atom. The summed E-state index contributed by atoms with van der Waals surface area (Å²) in [6, 6.07) is 5.68. The van der Waals surface area contributed by atoms with Crippen LogP contribution >= 0.6 is 0 Å². The van der Waals surface area contributed by atoms with E-state index in [4.69, 9.17) is 14.2 Å². The topological polar surface area (TPSA) is 75.3 Å². The van der Waals surface area contributed by atoms with Crippen molar-refractivity contribution in [3.05, 3.63) is 45.6 Å². The van der Waals surface area contributed by atoms with Crippen molar-refractivity contribution < 1.29 is 24.0 Å². The third kappa shape index (κ3) is 4.59. The smallest absolute Gasteiger partial charge is 0.211 e. The van der Waals surface area contributed by atoms with Gasteiger partial charge in [-0.3, -0.25) is 10.1 Å².